The van der Waals surface area contributed by atoms with Crippen molar-refractivity contribution in [3.8, 4) is 0 Å². The molecule has 8 heteroatoms. The molecule has 3 heterocycles. The van der Waals surface area contributed by atoms with Gasteiger partial charge in [0.2, 0.25) is 0 Å². The van der Waals surface area contributed by atoms with Crippen LogP contribution < -0.4 is 10.9 Å². The highest BCUT2D eigenvalue weighted by Crippen LogP contribution is 2.29. The van der Waals surface area contributed by atoms with Crippen molar-refractivity contribution in [2.24, 2.45) is 0 Å². The van der Waals surface area contributed by atoms with Crippen LogP contribution in [0.1, 0.15) is 41.3 Å². The average molecular weight is 349 g/mol. The van der Waals surface area contributed by atoms with E-state index >= 15 is 0 Å². The molecule has 1 amide bonds. The Morgan fingerprint density at radius 2 is 2.21 bits per heavy atom. The van der Waals surface area contributed by atoms with Crippen LogP contribution in [0.15, 0.2) is 4.79 Å². The van der Waals surface area contributed by atoms with E-state index in [0.717, 1.165) is 30.0 Å². The van der Waals surface area contributed by atoms with Crippen molar-refractivity contribution in [3.05, 3.63) is 26.6 Å². The first-order valence-corrected chi connectivity index (χ1v) is 8.77. The van der Waals surface area contributed by atoms with E-state index in [0.29, 0.717) is 33.7 Å². The van der Waals surface area contributed by atoms with E-state index in [1.165, 1.54) is 6.92 Å². The number of thiophene rings is 1. The molecule has 24 heavy (non-hydrogen) atoms. The maximum absolute atomic E-state index is 12.6. The molecule has 7 nitrogen and oxygen atoms in total. The van der Waals surface area contributed by atoms with Gasteiger partial charge in [-0.1, -0.05) is 0 Å². The Morgan fingerprint density at radius 1 is 1.46 bits per heavy atom. The van der Waals surface area contributed by atoms with Crippen molar-refractivity contribution in [1.82, 2.24) is 14.9 Å². The summed E-state index contributed by atoms with van der Waals surface area (Å²) < 4.78 is 6.90. The predicted molar refractivity (Wildman–Crippen MR) is 90.5 cm³/mol. The molecule has 0 fully saturated rings. The van der Waals surface area contributed by atoms with Gasteiger partial charge in [0.25, 0.3) is 11.5 Å². The third-order valence-electron chi connectivity index (χ3n) is 4.10. The van der Waals surface area contributed by atoms with Gasteiger partial charge in [0.15, 0.2) is 6.10 Å². The van der Waals surface area contributed by atoms with Crippen LogP contribution in [0.2, 0.25) is 0 Å². The van der Waals surface area contributed by atoms with E-state index in [9.17, 15) is 14.4 Å². The van der Waals surface area contributed by atoms with Gasteiger partial charge in [0, 0.05) is 19.5 Å². The number of rotatable bonds is 4. The first-order valence-electron chi connectivity index (χ1n) is 7.95. The van der Waals surface area contributed by atoms with Crippen molar-refractivity contribution in [2.75, 3.05) is 6.54 Å². The van der Waals surface area contributed by atoms with E-state index in [-0.39, 0.29) is 11.5 Å². The van der Waals surface area contributed by atoms with Crippen LogP contribution in [-0.2, 0) is 22.5 Å². The Morgan fingerprint density at radius 3 is 2.92 bits per heavy atom. The van der Waals surface area contributed by atoms with E-state index < -0.39 is 12.1 Å². The third-order valence-corrected chi connectivity index (χ3v) is 5.27. The van der Waals surface area contributed by atoms with Gasteiger partial charge in [-0.05, 0) is 32.8 Å². The normalized spacial score (nSPS) is 14.5. The highest BCUT2D eigenvalue weighted by atomic mass is 32.1. The van der Waals surface area contributed by atoms with Gasteiger partial charge in [-0.15, -0.1) is 11.3 Å². The van der Waals surface area contributed by atoms with Gasteiger partial charge >= 0.3 is 5.97 Å². The molecular weight excluding hydrogens is 330 g/mol. The summed E-state index contributed by atoms with van der Waals surface area (Å²) in [6.07, 6.45) is 0.800. The molecule has 0 aliphatic carbocycles. The van der Waals surface area contributed by atoms with E-state index in [4.69, 9.17) is 4.74 Å². The third kappa shape index (κ3) is 2.71. The Hall–Kier alpha value is -2.22. The molecule has 0 bridgehead atoms. The van der Waals surface area contributed by atoms with Crippen molar-refractivity contribution in [3.63, 3.8) is 0 Å². The number of esters is 1. The van der Waals surface area contributed by atoms with Crippen LogP contribution >= 0.6 is 11.3 Å². The molecule has 2 aromatic rings. The summed E-state index contributed by atoms with van der Waals surface area (Å²) in [5.41, 5.74) is 0.472. The second kappa shape index (κ2) is 6.35. The fraction of sp³-hybridized carbons (Fsp3) is 0.500. The zero-order valence-corrected chi connectivity index (χ0v) is 14.7. The van der Waals surface area contributed by atoms with E-state index in [2.05, 4.69) is 10.3 Å². The minimum absolute atomic E-state index is 0.0999. The first-order chi connectivity index (χ1) is 11.4. The molecule has 0 radical (unpaired) electrons. The van der Waals surface area contributed by atoms with Crippen LogP contribution in [0, 0.1) is 6.92 Å². The average Bonchev–Trinajstić information content (AvgIpc) is 3.12. The van der Waals surface area contributed by atoms with Gasteiger partial charge in [0.1, 0.15) is 15.5 Å². The quantitative estimate of drug-likeness (QED) is 0.843. The minimum Gasteiger partial charge on any atom is -0.448 e. The molecule has 1 aliphatic rings. The second-order valence-corrected chi connectivity index (χ2v) is 6.77. The van der Waals surface area contributed by atoms with Gasteiger partial charge in [-0.2, -0.15) is 0 Å². The highest BCUT2D eigenvalue weighted by Gasteiger charge is 2.26. The lowest BCUT2D eigenvalue weighted by Gasteiger charge is -2.12. The van der Waals surface area contributed by atoms with Gasteiger partial charge in [0.05, 0.1) is 5.39 Å². The van der Waals surface area contributed by atoms with Gasteiger partial charge < -0.3 is 10.1 Å². The van der Waals surface area contributed by atoms with Crippen LogP contribution in [0.3, 0.4) is 0 Å². The minimum atomic E-state index is -0.888. The topological polar surface area (TPSA) is 90.3 Å². The Labute approximate surface area is 142 Å². The molecule has 0 saturated carbocycles. The predicted octanol–water partition coefficient (Wildman–Crippen LogP) is 1.39. The largest absolute Gasteiger partial charge is 0.448 e. The number of ether oxygens (including phenoxy) is 1. The number of hydrogen-bond acceptors (Lipinski definition) is 6. The smallest absolute Gasteiger partial charge is 0.349 e. The highest BCUT2D eigenvalue weighted by molar-refractivity contribution is 7.20. The fourth-order valence-electron chi connectivity index (χ4n) is 2.86. The second-order valence-electron chi connectivity index (χ2n) is 5.77. The fourth-order valence-corrected chi connectivity index (χ4v) is 3.93. The molecule has 0 spiro atoms. The number of carbonyl (C=O) groups is 2. The van der Waals surface area contributed by atoms with Crippen molar-refractivity contribution in [2.45, 2.75) is 46.3 Å². The number of amides is 1. The lowest BCUT2D eigenvalue weighted by molar-refractivity contribution is -0.128. The molecule has 128 valence electrons. The molecule has 3 rings (SSSR count). The molecule has 1 atom stereocenters. The number of carbonyl (C=O) groups excluding carboxylic acids is 2. The van der Waals surface area contributed by atoms with Crippen LogP contribution in [0.25, 0.3) is 10.2 Å². The van der Waals surface area contributed by atoms with Crippen LogP contribution in [0.4, 0.5) is 0 Å². The summed E-state index contributed by atoms with van der Waals surface area (Å²) >= 11 is 1.15. The molecule has 0 aromatic carbocycles. The van der Waals surface area contributed by atoms with Crippen molar-refractivity contribution >= 4 is 33.4 Å². The molecule has 1 aliphatic heterocycles. The monoisotopic (exact) mass is 349 g/mol. The molecule has 0 saturated heterocycles. The summed E-state index contributed by atoms with van der Waals surface area (Å²) in [5.74, 6) is -0.176. The number of likely N-dealkylation sites (N-methyl/N-ethyl adjacent to an activating group) is 1. The summed E-state index contributed by atoms with van der Waals surface area (Å²) in [6.45, 7) is 6.17. The number of aryl methyl sites for hydroxylation is 2. The molecular formula is C16H19N3O4S. The Kier molecular flexibility index (Phi) is 4.40. The standard InChI is InChI=1S/C16H19N3O4S/c1-4-17-13(20)9(3)23-16(22)12-8(2)11-14(24-12)18-10-6-5-7-19(10)15(11)21/h9H,4-7H2,1-3H3,(H,17,20)/t9-/m0/s1. The van der Waals surface area contributed by atoms with Crippen molar-refractivity contribution < 1.29 is 14.3 Å². The number of hydrogen-bond donors (Lipinski definition) is 1. The van der Waals surface area contributed by atoms with E-state index in [1.807, 2.05) is 0 Å². The summed E-state index contributed by atoms with van der Waals surface area (Å²) in [7, 11) is 0. The molecule has 1 N–H and O–H groups in total. The van der Waals surface area contributed by atoms with Gasteiger partial charge in [-0.3, -0.25) is 14.2 Å². The number of aromatic nitrogens is 2. The first kappa shape index (κ1) is 16.6. The van der Waals surface area contributed by atoms with Crippen LogP contribution in [0.5, 0.6) is 0 Å². The molecule has 0 unspecified atom stereocenters. The lowest BCUT2D eigenvalue weighted by Crippen LogP contribution is -2.35. The zero-order chi connectivity index (χ0) is 17.4. The number of fused-ring (bicyclic) bond motifs is 2. The summed E-state index contributed by atoms with van der Waals surface area (Å²) in [5, 5.41) is 3.08. The Balaban J connectivity index is 1.95. The van der Waals surface area contributed by atoms with Gasteiger partial charge in [-0.25, -0.2) is 9.78 Å². The maximum Gasteiger partial charge on any atom is 0.349 e. The molecule has 2 aromatic heterocycles. The number of nitrogens with one attached hydrogen (secondary N) is 1. The van der Waals surface area contributed by atoms with E-state index in [1.54, 1.807) is 18.4 Å². The lowest BCUT2D eigenvalue weighted by atomic mass is 10.2. The Bertz CT molecular complexity index is 884. The van der Waals surface area contributed by atoms with Crippen molar-refractivity contribution in [1.29, 1.82) is 0 Å². The summed E-state index contributed by atoms with van der Waals surface area (Å²) in [6, 6.07) is 0. The maximum atomic E-state index is 12.6. The summed E-state index contributed by atoms with van der Waals surface area (Å²) in [4.78, 5) is 42.1. The zero-order valence-electron chi connectivity index (χ0n) is 13.8. The van der Waals surface area contributed by atoms with Crippen LogP contribution in [-0.4, -0.2) is 34.1 Å². The SMILES string of the molecule is CCNC(=O)[C@H](C)OC(=O)c1sc2nc3n(c(=O)c2c1C)CCC3. The number of nitrogens with zero attached hydrogens (tertiary/aromatic N) is 2.